The number of carbonyl (C=O) groups is 1. The molecule has 3 rings (SSSR count). The highest BCUT2D eigenvalue weighted by Crippen LogP contribution is 2.28. The highest BCUT2D eigenvalue weighted by atomic mass is 16.6. The third-order valence-corrected chi connectivity index (χ3v) is 3.84. The molecular weight excluding hydrogens is 300 g/mol. The van der Waals surface area contributed by atoms with Crippen LogP contribution in [0, 0.1) is 0 Å². The molecule has 0 saturated carbocycles. The van der Waals surface area contributed by atoms with Gasteiger partial charge >= 0.3 is 5.97 Å². The molecule has 3 aromatic rings. The van der Waals surface area contributed by atoms with E-state index in [1.807, 2.05) is 69.3 Å². The van der Waals surface area contributed by atoms with Crippen LogP contribution in [0.4, 0.5) is 0 Å². The largest absolute Gasteiger partial charge is 0.460 e. The second kappa shape index (κ2) is 6.62. The van der Waals surface area contributed by atoms with Crippen molar-refractivity contribution in [3.63, 3.8) is 0 Å². The summed E-state index contributed by atoms with van der Waals surface area (Å²) in [5, 5.41) is 4.15. The van der Waals surface area contributed by atoms with Gasteiger partial charge < -0.3 is 9.47 Å². The van der Waals surface area contributed by atoms with Crippen LogP contribution < -0.4 is 0 Å². The first-order chi connectivity index (χ1) is 11.5. The average Bonchev–Trinajstić information content (AvgIpc) is 2.57. The lowest BCUT2D eigenvalue weighted by atomic mass is 9.98. The molecule has 0 atom stereocenters. The van der Waals surface area contributed by atoms with Gasteiger partial charge in [0.05, 0.1) is 17.8 Å². The van der Waals surface area contributed by atoms with E-state index in [4.69, 9.17) is 9.47 Å². The molecule has 0 fully saturated rings. The number of hydrogen-bond donors (Lipinski definition) is 0. The van der Waals surface area contributed by atoms with Gasteiger partial charge in [0.25, 0.3) is 0 Å². The van der Waals surface area contributed by atoms with E-state index in [1.165, 1.54) is 0 Å². The maximum Gasteiger partial charge on any atom is 0.338 e. The van der Waals surface area contributed by atoms with E-state index in [-0.39, 0.29) is 18.2 Å². The number of fused-ring (bicyclic) bond motifs is 3. The summed E-state index contributed by atoms with van der Waals surface area (Å²) in [4.78, 5) is 12.5. The van der Waals surface area contributed by atoms with Crippen LogP contribution in [0.5, 0.6) is 0 Å². The Morgan fingerprint density at radius 2 is 1.58 bits per heavy atom. The summed E-state index contributed by atoms with van der Waals surface area (Å²) >= 11 is 0. The molecule has 0 amide bonds. The lowest BCUT2D eigenvalue weighted by Crippen LogP contribution is -2.22. The highest BCUT2D eigenvalue weighted by molar-refractivity contribution is 6.16. The smallest absolute Gasteiger partial charge is 0.338 e. The van der Waals surface area contributed by atoms with Crippen molar-refractivity contribution in [1.29, 1.82) is 0 Å². The van der Waals surface area contributed by atoms with E-state index in [2.05, 4.69) is 6.07 Å². The van der Waals surface area contributed by atoms with E-state index in [0.717, 1.165) is 21.5 Å². The predicted molar refractivity (Wildman–Crippen MR) is 97.4 cm³/mol. The minimum Gasteiger partial charge on any atom is -0.460 e. The molecule has 124 valence electrons. The third kappa shape index (κ3) is 3.57. The minimum atomic E-state index is -0.311. The fourth-order valence-corrected chi connectivity index (χ4v) is 2.79. The van der Waals surface area contributed by atoms with Crippen molar-refractivity contribution >= 4 is 27.5 Å². The van der Waals surface area contributed by atoms with Crippen molar-refractivity contribution in [2.24, 2.45) is 0 Å². The van der Waals surface area contributed by atoms with E-state index < -0.39 is 0 Å². The first kappa shape index (κ1) is 16.5. The Morgan fingerprint density at radius 1 is 0.875 bits per heavy atom. The number of esters is 1. The van der Waals surface area contributed by atoms with Crippen LogP contribution in [0.1, 0.15) is 31.1 Å². The maximum absolute atomic E-state index is 12.5. The maximum atomic E-state index is 12.5. The van der Waals surface area contributed by atoms with Crippen LogP contribution in [0.2, 0.25) is 0 Å². The molecule has 24 heavy (non-hydrogen) atoms. The zero-order valence-electron chi connectivity index (χ0n) is 14.3. The normalized spacial score (nSPS) is 11.8. The summed E-state index contributed by atoms with van der Waals surface area (Å²) in [5.41, 5.74) is 0.363. The number of rotatable bonds is 4. The third-order valence-electron chi connectivity index (χ3n) is 3.84. The summed E-state index contributed by atoms with van der Waals surface area (Å²) in [5.74, 6) is -0.311. The zero-order valence-corrected chi connectivity index (χ0v) is 14.3. The molecular formula is C21H22O3. The van der Waals surface area contributed by atoms with Gasteiger partial charge in [0, 0.05) is 5.39 Å². The molecule has 0 unspecified atom stereocenters. The molecule has 0 aliphatic rings. The molecule has 0 aliphatic heterocycles. The first-order valence-corrected chi connectivity index (χ1v) is 8.17. The van der Waals surface area contributed by atoms with Crippen LogP contribution >= 0.6 is 0 Å². The Balaban J connectivity index is 1.89. The summed E-state index contributed by atoms with van der Waals surface area (Å²) < 4.78 is 11.0. The van der Waals surface area contributed by atoms with E-state index in [0.29, 0.717) is 12.2 Å². The fourth-order valence-electron chi connectivity index (χ4n) is 2.79. The van der Waals surface area contributed by atoms with Gasteiger partial charge in [0.15, 0.2) is 0 Å². The van der Waals surface area contributed by atoms with Crippen molar-refractivity contribution < 1.29 is 14.3 Å². The van der Waals surface area contributed by atoms with Crippen molar-refractivity contribution in [1.82, 2.24) is 0 Å². The van der Waals surface area contributed by atoms with Gasteiger partial charge in [-0.25, -0.2) is 4.79 Å². The molecule has 3 nitrogen and oxygen atoms in total. The second-order valence-corrected chi connectivity index (χ2v) is 6.79. The molecule has 0 saturated heterocycles. The molecule has 0 spiro atoms. The SMILES string of the molecule is CC(C)(C)OCCOC(=O)c1cccc2ccc3ccccc3c12. The van der Waals surface area contributed by atoms with Crippen LogP contribution in [0.25, 0.3) is 21.5 Å². The number of benzene rings is 3. The molecule has 0 radical (unpaired) electrons. The van der Waals surface area contributed by atoms with Crippen molar-refractivity contribution in [3.8, 4) is 0 Å². The van der Waals surface area contributed by atoms with Crippen LogP contribution in [0.15, 0.2) is 54.6 Å². The summed E-state index contributed by atoms with van der Waals surface area (Å²) in [6.07, 6.45) is 0. The van der Waals surface area contributed by atoms with Crippen molar-refractivity contribution in [2.45, 2.75) is 26.4 Å². The Labute approximate surface area is 142 Å². The molecule has 0 aromatic heterocycles. The van der Waals surface area contributed by atoms with E-state index in [1.54, 1.807) is 0 Å². The average molecular weight is 322 g/mol. The van der Waals surface area contributed by atoms with Crippen LogP contribution in [-0.4, -0.2) is 24.8 Å². The Bertz CT molecular complexity index is 875. The summed E-state index contributed by atoms with van der Waals surface area (Å²) in [6.45, 7) is 6.57. The highest BCUT2D eigenvalue weighted by Gasteiger charge is 2.15. The van der Waals surface area contributed by atoms with Crippen LogP contribution in [0.3, 0.4) is 0 Å². The topological polar surface area (TPSA) is 35.5 Å². The van der Waals surface area contributed by atoms with Gasteiger partial charge in [0.1, 0.15) is 6.61 Å². The molecule has 0 N–H and O–H groups in total. The standard InChI is InChI=1S/C21H22O3/c1-21(2,3)24-14-13-23-20(22)18-10-6-8-16-12-11-15-7-4-5-9-17(15)19(16)18/h4-12H,13-14H2,1-3H3. The molecule has 3 heteroatoms. The predicted octanol–water partition coefficient (Wildman–Crippen LogP) is 4.96. The van der Waals surface area contributed by atoms with Crippen LogP contribution in [-0.2, 0) is 9.47 Å². The van der Waals surface area contributed by atoms with Crippen molar-refractivity contribution in [3.05, 3.63) is 60.2 Å². The van der Waals surface area contributed by atoms with Gasteiger partial charge in [-0.1, -0.05) is 48.5 Å². The summed E-state index contributed by atoms with van der Waals surface area (Å²) in [7, 11) is 0. The monoisotopic (exact) mass is 322 g/mol. The van der Waals surface area contributed by atoms with E-state index in [9.17, 15) is 4.79 Å². The number of hydrogen-bond acceptors (Lipinski definition) is 3. The molecule has 0 aliphatic carbocycles. The quantitative estimate of drug-likeness (QED) is 0.387. The molecule has 3 aromatic carbocycles. The first-order valence-electron chi connectivity index (χ1n) is 8.17. The van der Waals surface area contributed by atoms with Gasteiger partial charge in [-0.15, -0.1) is 0 Å². The van der Waals surface area contributed by atoms with Gasteiger partial charge in [0.2, 0.25) is 0 Å². The second-order valence-electron chi connectivity index (χ2n) is 6.79. The van der Waals surface area contributed by atoms with E-state index >= 15 is 0 Å². The lowest BCUT2D eigenvalue weighted by Gasteiger charge is -2.19. The van der Waals surface area contributed by atoms with Crippen molar-refractivity contribution in [2.75, 3.05) is 13.2 Å². The van der Waals surface area contributed by atoms with Gasteiger partial charge in [-0.2, -0.15) is 0 Å². The fraction of sp³-hybridized carbons (Fsp3) is 0.286. The lowest BCUT2D eigenvalue weighted by molar-refractivity contribution is -0.0281. The Kier molecular flexibility index (Phi) is 4.54. The Morgan fingerprint density at radius 3 is 2.38 bits per heavy atom. The van der Waals surface area contributed by atoms with Gasteiger partial charge in [-0.3, -0.25) is 0 Å². The minimum absolute atomic E-state index is 0.234. The molecule has 0 heterocycles. The zero-order chi connectivity index (χ0) is 17.2. The Hall–Kier alpha value is -2.39. The summed E-state index contributed by atoms with van der Waals surface area (Å²) in [6, 6.07) is 17.9. The number of ether oxygens (including phenoxy) is 2. The van der Waals surface area contributed by atoms with Gasteiger partial charge in [-0.05, 0) is 43.0 Å². The molecule has 0 bridgehead atoms. The number of carbonyl (C=O) groups excluding carboxylic acids is 1.